The van der Waals surface area contributed by atoms with Crippen LogP contribution in [-0.4, -0.2) is 10.2 Å². The molecule has 1 heterocycles. The molecule has 0 atom stereocenters. The van der Waals surface area contributed by atoms with E-state index in [1.807, 2.05) is 12.4 Å². The van der Waals surface area contributed by atoms with Gasteiger partial charge in [-0.15, -0.1) is 0 Å². The van der Waals surface area contributed by atoms with E-state index in [0.717, 1.165) is 5.92 Å². The van der Waals surface area contributed by atoms with Gasteiger partial charge in [-0.2, -0.15) is 5.10 Å². The van der Waals surface area contributed by atoms with E-state index >= 15 is 0 Å². The van der Waals surface area contributed by atoms with Crippen molar-refractivity contribution < 1.29 is 0 Å². The van der Waals surface area contributed by atoms with Crippen LogP contribution in [0.5, 0.6) is 0 Å². The van der Waals surface area contributed by atoms with Gasteiger partial charge in [0, 0.05) is 6.20 Å². The van der Waals surface area contributed by atoms with Gasteiger partial charge in [0.05, 0.1) is 6.20 Å². The van der Waals surface area contributed by atoms with Crippen LogP contribution in [0.1, 0.15) is 38.7 Å². The Balaban J connectivity index is 2.08. The molecule has 0 aliphatic heterocycles. The van der Waals surface area contributed by atoms with Crippen LogP contribution >= 0.6 is 0 Å². The molecule has 66 valence electrons. The Morgan fingerprint density at radius 3 is 2.83 bits per heavy atom. The van der Waals surface area contributed by atoms with Crippen LogP contribution in [0.15, 0.2) is 12.4 Å². The highest BCUT2D eigenvalue weighted by molar-refractivity contribution is 5.16. The van der Waals surface area contributed by atoms with Gasteiger partial charge in [-0.1, -0.05) is 26.7 Å². The minimum atomic E-state index is 0.314. The van der Waals surface area contributed by atoms with E-state index in [9.17, 15) is 0 Å². The van der Waals surface area contributed by atoms with Gasteiger partial charge < -0.3 is 0 Å². The van der Waals surface area contributed by atoms with Gasteiger partial charge in [0.25, 0.3) is 0 Å². The lowest BCUT2D eigenvalue weighted by Crippen LogP contribution is -2.16. The molecular formula is C10H16N2. The number of hydrogen-bond acceptors (Lipinski definition) is 1. The average Bonchev–Trinajstić information content (AvgIpc) is 2.67. The topological polar surface area (TPSA) is 28.7 Å². The molecule has 1 aromatic rings. The van der Waals surface area contributed by atoms with Crippen molar-refractivity contribution in [1.29, 1.82) is 0 Å². The lowest BCUT2D eigenvalue weighted by atomic mass is 9.82. The summed E-state index contributed by atoms with van der Waals surface area (Å²) in [7, 11) is 0. The molecule has 0 unspecified atom stereocenters. The molecule has 0 amide bonds. The number of rotatable bonds is 3. The first-order chi connectivity index (χ1) is 5.68. The van der Waals surface area contributed by atoms with E-state index in [4.69, 9.17) is 0 Å². The van der Waals surface area contributed by atoms with Crippen molar-refractivity contribution in [3.8, 4) is 0 Å². The van der Waals surface area contributed by atoms with Gasteiger partial charge in [-0.3, -0.25) is 5.10 Å². The number of nitrogens with one attached hydrogen (secondary N) is 1. The van der Waals surface area contributed by atoms with Crippen LogP contribution in [0.2, 0.25) is 0 Å². The van der Waals surface area contributed by atoms with Crippen molar-refractivity contribution in [1.82, 2.24) is 10.2 Å². The van der Waals surface area contributed by atoms with Crippen LogP contribution in [-0.2, 0) is 5.41 Å². The minimum absolute atomic E-state index is 0.314. The number of aromatic nitrogens is 2. The van der Waals surface area contributed by atoms with Crippen LogP contribution in [0, 0.1) is 5.92 Å². The quantitative estimate of drug-likeness (QED) is 0.730. The Morgan fingerprint density at radius 1 is 1.58 bits per heavy atom. The molecule has 12 heavy (non-hydrogen) atoms. The molecule has 1 N–H and O–H groups in total. The summed E-state index contributed by atoms with van der Waals surface area (Å²) in [6, 6.07) is 0. The van der Waals surface area contributed by atoms with Crippen LogP contribution in [0.4, 0.5) is 0 Å². The van der Waals surface area contributed by atoms with E-state index < -0.39 is 0 Å². The van der Waals surface area contributed by atoms with Crippen molar-refractivity contribution in [2.45, 2.75) is 38.5 Å². The molecule has 2 nitrogen and oxygen atoms in total. The highest BCUT2D eigenvalue weighted by Gasteiger charge is 2.31. The third-order valence-corrected chi connectivity index (χ3v) is 2.78. The zero-order valence-corrected chi connectivity index (χ0v) is 7.80. The Kier molecular flexibility index (Phi) is 1.71. The Bertz CT molecular complexity index is 245. The minimum Gasteiger partial charge on any atom is -0.285 e. The van der Waals surface area contributed by atoms with Crippen LogP contribution in [0.25, 0.3) is 0 Å². The highest BCUT2D eigenvalue weighted by Crippen LogP contribution is 2.41. The average molecular weight is 164 g/mol. The van der Waals surface area contributed by atoms with Crippen molar-refractivity contribution in [2.75, 3.05) is 0 Å². The van der Waals surface area contributed by atoms with Gasteiger partial charge in [0.1, 0.15) is 0 Å². The summed E-state index contributed by atoms with van der Waals surface area (Å²) < 4.78 is 0. The van der Waals surface area contributed by atoms with Gasteiger partial charge in [0.15, 0.2) is 0 Å². The molecule has 2 rings (SSSR count). The Labute approximate surface area is 73.4 Å². The fourth-order valence-corrected chi connectivity index (χ4v) is 1.78. The van der Waals surface area contributed by atoms with Crippen LogP contribution in [0.3, 0.4) is 0 Å². The third kappa shape index (κ3) is 1.52. The molecule has 0 saturated heterocycles. The van der Waals surface area contributed by atoms with Crippen LogP contribution < -0.4 is 0 Å². The maximum Gasteiger partial charge on any atom is 0.0524 e. The van der Waals surface area contributed by atoms with Crippen molar-refractivity contribution >= 4 is 0 Å². The zero-order valence-electron chi connectivity index (χ0n) is 7.80. The predicted octanol–water partition coefficient (Wildman–Crippen LogP) is 2.49. The van der Waals surface area contributed by atoms with E-state index in [-0.39, 0.29) is 0 Å². The molecule has 0 spiro atoms. The molecule has 2 heteroatoms. The van der Waals surface area contributed by atoms with E-state index in [1.165, 1.54) is 24.8 Å². The zero-order chi connectivity index (χ0) is 8.60. The fraction of sp³-hybridized carbons (Fsp3) is 0.700. The monoisotopic (exact) mass is 164 g/mol. The van der Waals surface area contributed by atoms with E-state index in [0.29, 0.717) is 5.41 Å². The van der Waals surface area contributed by atoms with Gasteiger partial charge in [0.2, 0.25) is 0 Å². The molecule has 1 fully saturated rings. The molecule has 1 aromatic heterocycles. The Hall–Kier alpha value is -0.790. The largest absolute Gasteiger partial charge is 0.285 e. The first-order valence-electron chi connectivity index (χ1n) is 4.68. The molecular weight excluding hydrogens is 148 g/mol. The number of H-pyrrole nitrogens is 1. The normalized spacial score (nSPS) is 18.2. The lowest BCUT2D eigenvalue weighted by molar-refractivity contribution is 0.448. The molecule has 1 saturated carbocycles. The summed E-state index contributed by atoms with van der Waals surface area (Å²) >= 11 is 0. The maximum absolute atomic E-state index is 3.99. The van der Waals surface area contributed by atoms with Crippen molar-refractivity contribution in [3.05, 3.63) is 18.0 Å². The fourth-order valence-electron chi connectivity index (χ4n) is 1.78. The first-order valence-corrected chi connectivity index (χ1v) is 4.68. The summed E-state index contributed by atoms with van der Waals surface area (Å²) in [5, 5.41) is 6.87. The predicted molar refractivity (Wildman–Crippen MR) is 49.0 cm³/mol. The molecule has 1 aliphatic rings. The third-order valence-electron chi connectivity index (χ3n) is 2.78. The van der Waals surface area contributed by atoms with Gasteiger partial charge in [-0.05, 0) is 23.3 Å². The summed E-state index contributed by atoms with van der Waals surface area (Å²) in [4.78, 5) is 0. The standard InChI is InChI=1S/C10H16N2/c1-10(2,5-8-3-4-8)9-6-11-12-7-9/h6-8H,3-5H2,1-2H3,(H,11,12). The van der Waals surface area contributed by atoms with Gasteiger partial charge >= 0.3 is 0 Å². The summed E-state index contributed by atoms with van der Waals surface area (Å²) in [6.45, 7) is 4.60. The van der Waals surface area contributed by atoms with Gasteiger partial charge in [-0.25, -0.2) is 0 Å². The summed E-state index contributed by atoms with van der Waals surface area (Å²) in [5.41, 5.74) is 1.66. The second kappa shape index (κ2) is 2.61. The molecule has 0 radical (unpaired) electrons. The molecule has 0 aromatic carbocycles. The van der Waals surface area contributed by atoms with Crippen molar-refractivity contribution in [3.63, 3.8) is 0 Å². The van der Waals surface area contributed by atoms with Crippen molar-refractivity contribution in [2.24, 2.45) is 5.92 Å². The Morgan fingerprint density at radius 2 is 2.33 bits per heavy atom. The molecule has 1 aliphatic carbocycles. The second-order valence-corrected chi connectivity index (χ2v) is 4.52. The van der Waals surface area contributed by atoms with E-state index in [1.54, 1.807) is 0 Å². The second-order valence-electron chi connectivity index (χ2n) is 4.52. The van der Waals surface area contributed by atoms with E-state index in [2.05, 4.69) is 24.0 Å². The maximum atomic E-state index is 3.99. The number of nitrogens with zero attached hydrogens (tertiary/aromatic N) is 1. The first kappa shape index (κ1) is 7.84. The number of aromatic amines is 1. The summed E-state index contributed by atoms with van der Waals surface area (Å²) in [6.07, 6.45) is 8.14. The SMILES string of the molecule is CC(C)(CC1CC1)c1cn[nH]c1. The highest BCUT2D eigenvalue weighted by atomic mass is 15.1. The lowest BCUT2D eigenvalue weighted by Gasteiger charge is -2.22. The summed E-state index contributed by atoms with van der Waals surface area (Å²) in [5.74, 6) is 0.981. The number of hydrogen-bond donors (Lipinski definition) is 1. The smallest absolute Gasteiger partial charge is 0.0524 e. The molecule has 0 bridgehead atoms.